The van der Waals surface area contributed by atoms with Gasteiger partial charge in [-0.3, -0.25) is 10.2 Å². The summed E-state index contributed by atoms with van der Waals surface area (Å²) in [4.78, 5) is 11.8. The zero-order chi connectivity index (χ0) is 10.8. The highest BCUT2D eigenvalue weighted by Gasteiger charge is 2.41. The lowest BCUT2D eigenvalue weighted by molar-refractivity contribution is -0.124. The molecule has 2 unspecified atom stereocenters. The van der Waals surface area contributed by atoms with Crippen molar-refractivity contribution < 1.29 is 4.79 Å². The normalized spacial score (nSPS) is 33.4. The minimum Gasteiger partial charge on any atom is -0.288 e. The summed E-state index contributed by atoms with van der Waals surface area (Å²) in [6.45, 7) is 4.31. The molecule has 0 bridgehead atoms. The molecule has 0 aromatic heterocycles. The maximum Gasteiger partial charge on any atom is 0.239 e. The fraction of sp³-hybridized carbons (Fsp3) is 0.917. The molecule has 2 fully saturated rings. The fourth-order valence-corrected chi connectivity index (χ4v) is 2.91. The van der Waals surface area contributed by atoms with Crippen LogP contribution in [0.25, 0.3) is 0 Å². The molecule has 2 atom stereocenters. The first kappa shape index (κ1) is 10.9. The maximum atomic E-state index is 11.8. The second-order valence-corrected chi connectivity index (χ2v) is 5.14. The van der Waals surface area contributed by atoms with Crippen LogP contribution in [0.4, 0.5) is 0 Å². The van der Waals surface area contributed by atoms with E-state index in [9.17, 15) is 4.79 Å². The lowest BCUT2D eigenvalue weighted by atomic mass is 9.87. The average Bonchev–Trinajstić information content (AvgIpc) is 2.42. The first-order valence-electron chi connectivity index (χ1n) is 6.29. The van der Waals surface area contributed by atoms with E-state index in [0.717, 1.165) is 6.42 Å². The number of fused-ring (bicyclic) bond motifs is 1. The predicted molar refractivity (Wildman–Crippen MR) is 60.1 cm³/mol. The van der Waals surface area contributed by atoms with Gasteiger partial charge in [-0.25, -0.2) is 5.01 Å². The number of nitrogens with one attached hydrogen (secondary N) is 1. The Kier molecular flexibility index (Phi) is 3.29. The first-order chi connectivity index (χ1) is 7.20. The molecular weight excluding hydrogens is 188 g/mol. The summed E-state index contributed by atoms with van der Waals surface area (Å²) in [6.07, 6.45) is 7.41. The molecule has 15 heavy (non-hydrogen) atoms. The van der Waals surface area contributed by atoms with Crippen molar-refractivity contribution in [1.82, 2.24) is 10.4 Å². The van der Waals surface area contributed by atoms with E-state index in [1.165, 1.54) is 32.1 Å². The third kappa shape index (κ3) is 2.17. The monoisotopic (exact) mass is 210 g/mol. The quantitative estimate of drug-likeness (QED) is 0.718. The molecule has 3 nitrogen and oxygen atoms in total. The van der Waals surface area contributed by atoms with Crippen molar-refractivity contribution >= 4 is 5.91 Å². The molecule has 0 spiro atoms. The third-order valence-corrected chi connectivity index (χ3v) is 3.72. The van der Waals surface area contributed by atoms with Crippen LogP contribution in [0, 0.1) is 5.92 Å². The Bertz CT molecular complexity index is 240. The maximum absolute atomic E-state index is 11.8. The molecular formula is C12H22N2O. The van der Waals surface area contributed by atoms with Crippen LogP contribution < -0.4 is 5.43 Å². The second kappa shape index (κ2) is 4.52. The molecule has 2 rings (SSSR count). The average molecular weight is 210 g/mol. The lowest BCUT2D eigenvalue weighted by Gasteiger charge is -2.30. The fourth-order valence-electron chi connectivity index (χ4n) is 2.91. The van der Waals surface area contributed by atoms with Crippen molar-refractivity contribution in [3.05, 3.63) is 0 Å². The van der Waals surface area contributed by atoms with Gasteiger partial charge in [-0.05, 0) is 26.7 Å². The van der Waals surface area contributed by atoms with Gasteiger partial charge in [0, 0.05) is 12.1 Å². The number of amides is 1. The second-order valence-electron chi connectivity index (χ2n) is 5.14. The van der Waals surface area contributed by atoms with E-state index in [0.29, 0.717) is 12.1 Å². The Morgan fingerprint density at radius 3 is 2.53 bits per heavy atom. The van der Waals surface area contributed by atoms with E-state index in [4.69, 9.17) is 0 Å². The van der Waals surface area contributed by atoms with Gasteiger partial charge in [-0.1, -0.05) is 25.7 Å². The van der Waals surface area contributed by atoms with E-state index in [2.05, 4.69) is 24.3 Å². The Labute approximate surface area is 92.2 Å². The van der Waals surface area contributed by atoms with Crippen LogP contribution in [-0.4, -0.2) is 23.0 Å². The largest absolute Gasteiger partial charge is 0.288 e. The zero-order valence-electron chi connectivity index (χ0n) is 9.83. The summed E-state index contributed by atoms with van der Waals surface area (Å²) < 4.78 is 0. The lowest BCUT2D eigenvalue weighted by Crippen LogP contribution is -2.43. The molecule has 0 aromatic rings. The van der Waals surface area contributed by atoms with Gasteiger partial charge in [0.2, 0.25) is 5.91 Å². The summed E-state index contributed by atoms with van der Waals surface area (Å²) in [5.41, 5.74) is 3.05. The summed E-state index contributed by atoms with van der Waals surface area (Å²) in [5, 5.41) is 2.18. The summed E-state index contributed by atoms with van der Waals surface area (Å²) in [6, 6.07) is 0.876. The SMILES string of the molecule is CC(C)N1NC(=O)C2CCCCCCC21. The molecule has 2 aliphatic rings. The van der Waals surface area contributed by atoms with E-state index in [1.807, 2.05) is 0 Å². The molecule has 1 N–H and O–H groups in total. The molecule has 86 valence electrons. The summed E-state index contributed by atoms with van der Waals surface area (Å²) in [5.74, 6) is 0.517. The van der Waals surface area contributed by atoms with Gasteiger partial charge < -0.3 is 0 Å². The third-order valence-electron chi connectivity index (χ3n) is 3.72. The molecule has 1 aliphatic carbocycles. The van der Waals surface area contributed by atoms with Crippen LogP contribution in [0.2, 0.25) is 0 Å². The molecule has 1 saturated carbocycles. The molecule has 0 aromatic carbocycles. The van der Waals surface area contributed by atoms with Crippen LogP contribution in [0.15, 0.2) is 0 Å². The van der Waals surface area contributed by atoms with E-state index >= 15 is 0 Å². The number of carbonyl (C=O) groups excluding carboxylic acids is 1. The van der Waals surface area contributed by atoms with Gasteiger partial charge in [-0.15, -0.1) is 0 Å². The van der Waals surface area contributed by atoms with Crippen molar-refractivity contribution in [1.29, 1.82) is 0 Å². The highest BCUT2D eigenvalue weighted by Crippen LogP contribution is 2.31. The van der Waals surface area contributed by atoms with Crippen molar-refractivity contribution in [2.45, 2.75) is 64.5 Å². The molecule has 0 radical (unpaired) electrons. The van der Waals surface area contributed by atoms with Crippen molar-refractivity contribution in [3.8, 4) is 0 Å². The Morgan fingerprint density at radius 1 is 1.20 bits per heavy atom. The smallest absolute Gasteiger partial charge is 0.239 e. The number of carbonyl (C=O) groups is 1. The zero-order valence-corrected chi connectivity index (χ0v) is 9.83. The van der Waals surface area contributed by atoms with Crippen molar-refractivity contribution in [2.24, 2.45) is 5.92 Å². The first-order valence-corrected chi connectivity index (χ1v) is 6.29. The number of hydrogen-bond acceptors (Lipinski definition) is 2. The predicted octanol–water partition coefficient (Wildman–Crippen LogP) is 2.08. The highest BCUT2D eigenvalue weighted by atomic mass is 16.2. The van der Waals surface area contributed by atoms with Gasteiger partial charge in [-0.2, -0.15) is 0 Å². The standard InChI is InChI=1S/C12H22N2O/c1-9(2)14-11-8-6-4-3-5-7-10(11)12(15)13-14/h9-11H,3-8H2,1-2H3,(H,13,15). The molecule has 3 heteroatoms. The number of hydrazine groups is 1. The molecule has 1 aliphatic heterocycles. The van der Waals surface area contributed by atoms with Crippen molar-refractivity contribution in [2.75, 3.05) is 0 Å². The Hall–Kier alpha value is -0.570. The summed E-state index contributed by atoms with van der Waals surface area (Å²) in [7, 11) is 0. The number of nitrogens with zero attached hydrogens (tertiary/aromatic N) is 1. The minimum atomic E-state index is 0.257. The van der Waals surface area contributed by atoms with Crippen molar-refractivity contribution in [3.63, 3.8) is 0 Å². The van der Waals surface area contributed by atoms with Crippen LogP contribution in [0.1, 0.15) is 52.4 Å². The number of rotatable bonds is 1. The van der Waals surface area contributed by atoms with E-state index in [-0.39, 0.29) is 11.8 Å². The van der Waals surface area contributed by atoms with E-state index < -0.39 is 0 Å². The molecule has 1 heterocycles. The van der Waals surface area contributed by atoms with Crippen LogP contribution in [-0.2, 0) is 4.79 Å². The van der Waals surface area contributed by atoms with Gasteiger partial charge in [0.25, 0.3) is 0 Å². The molecule has 1 amide bonds. The minimum absolute atomic E-state index is 0.257. The topological polar surface area (TPSA) is 32.3 Å². The van der Waals surface area contributed by atoms with Gasteiger partial charge >= 0.3 is 0 Å². The Balaban J connectivity index is 2.10. The highest BCUT2D eigenvalue weighted by molar-refractivity contribution is 5.81. The molecule has 1 saturated heterocycles. The van der Waals surface area contributed by atoms with Gasteiger partial charge in [0.05, 0.1) is 5.92 Å². The van der Waals surface area contributed by atoms with Gasteiger partial charge in [0.15, 0.2) is 0 Å². The van der Waals surface area contributed by atoms with Crippen LogP contribution in [0.5, 0.6) is 0 Å². The van der Waals surface area contributed by atoms with Crippen LogP contribution >= 0.6 is 0 Å². The van der Waals surface area contributed by atoms with Crippen LogP contribution in [0.3, 0.4) is 0 Å². The number of hydrogen-bond donors (Lipinski definition) is 1. The summed E-state index contributed by atoms with van der Waals surface area (Å²) >= 11 is 0. The Morgan fingerprint density at radius 2 is 1.87 bits per heavy atom. The van der Waals surface area contributed by atoms with Gasteiger partial charge in [0.1, 0.15) is 0 Å². The van der Waals surface area contributed by atoms with E-state index in [1.54, 1.807) is 0 Å².